The number of nitrogens with one attached hydrogen (secondary N) is 2. The van der Waals surface area contributed by atoms with E-state index in [-0.39, 0.29) is 11.9 Å². The minimum absolute atomic E-state index is 0.122. The quantitative estimate of drug-likeness (QED) is 0.811. The molecule has 2 N–H and O–H groups in total. The van der Waals surface area contributed by atoms with E-state index in [9.17, 15) is 4.79 Å². The molecule has 0 aromatic carbocycles. The first-order valence-corrected chi connectivity index (χ1v) is 7.21. The van der Waals surface area contributed by atoms with E-state index < -0.39 is 0 Å². The minimum atomic E-state index is 0.122. The molecule has 0 radical (unpaired) electrons. The summed E-state index contributed by atoms with van der Waals surface area (Å²) >= 11 is 0. The third-order valence-corrected chi connectivity index (χ3v) is 3.61. The van der Waals surface area contributed by atoms with Gasteiger partial charge in [0.2, 0.25) is 5.91 Å². The SMILES string of the molecule is CC(Cn1cccn1)NC(=O)CCC1CCCNC1. The molecule has 1 saturated heterocycles. The zero-order valence-electron chi connectivity index (χ0n) is 11.6. The highest BCUT2D eigenvalue weighted by molar-refractivity contribution is 5.76. The predicted octanol–water partition coefficient (Wildman–Crippen LogP) is 1.17. The van der Waals surface area contributed by atoms with Crippen LogP contribution in [0.25, 0.3) is 0 Å². The second-order valence-electron chi connectivity index (χ2n) is 5.45. The van der Waals surface area contributed by atoms with E-state index in [4.69, 9.17) is 0 Å². The van der Waals surface area contributed by atoms with E-state index in [1.807, 2.05) is 23.9 Å². The predicted molar refractivity (Wildman–Crippen MR) is 74.7 cm³/mol. The standard InChI is InChI=1S/C14H24N4O/c1-12(11-18-9-3-8-16-18)17-14(19)6-5-13-4-2-7-15-10-13/h3,8-9,12-13,15H,2,4-7,10-11H2,1H3,(H,17,19). The number of hydrogen-bond donors (Lipinski definition) is 2. The molecule has 0 saturated carbocycles. The summed E-state index contributed by atoms with van der Waals surface area (Å²) in [7, 11) is 0. The van der Waals surface area contributed by atoms with E-state index in [0.717, 1.165) is 26.1 Å². The van der Waals surface area contributed by atoms with Crippen molar-refractivity contribution in [3.05, 3.63) is 18.5 Å². The Bertz CT molecular complexity index is 371. The lowest BCUT2D eigenvalue weighted by Crippen LogP contribution is -2.36. The highest BCUT2D eigenvalue weighted by atomic mass is 16.1. The van der Waals surface area contributed by atoms with Crippen LogP contribution in [0.1, 0.15) is 32.6 Å². The van der Waals surface area contributed by atoms with Crippen LogP contribution in [0.15, 0.2) is 18.5 Å². The van der Waals surface area contributed by atoms with Crippen molar-refractivity contribution in [3.63, 3.8) is 0 Å². The Morgan fingerprint density at radius 2 is 2.53 bits per heavy atom. The van der Waals surface area contributed by atoms with Gasteiger partial charge in [-0.25, -0.2) is 0 Å². The highest BCUT2D eigenvalue weighted by Crippen LogP contribution is 2.15. The summed E-state index contributed by atoms with van der Waals surface area (Å²) in [6, 6.07) is 2.02. The summed E-state index contributed by atoms with van der Waals surface area (Å²) in [5.74, 6) is 0.825. The van der Waals surface area contributed by atoms with E-state index in [1.54, 1.807) is 6.20 Å². The Morgan fingerprint density at radius 3 is 3.21 bits per heavy atom. The molecule has 1 fully saturated rings. The molecule has 19 heavy (non-hydrogen) atoms. The van der Waals surface area contributed by atoms with Crippen LogP contribution in [0, 0.1) is 5.92 Å². The zero-order valence-corrected chi connectivity index (χ0v) is 11.6. The van der Waals surface area contributed by atoms with Crippen LogP contribution < -0.4 is 10.6 Å². The van der Waals surface area contributed by atoms with Gasteiger partial charge in [-0.2, -0.15) is 5.10 Å². The fourth-order valence-electron chi connectivity index (χ4n) is 2.59. The van der Waals surface area contributed by atoms with E-state index >= 15 is 0 Å². The molecule has 5 heteroatoms. The van der Waals surface area contributed by atoms with Gasteiger partial charge in [0.1, 0.15) is 0 Å². The fraction of sp³-hybridized carbons (Fsp3) is 0.714. The molecule has 0 bridgehead atoms. The first-order valence-electron chi connectivity index (χ1n) is 7.21. The Kier molecular flexibility index (Phi) is 5.39. The van der Waals surface area contributed by atoms with Gasteiger partial charge in [0, 0.05) is 24.9 Å². The van der Waals surface area contributed by atoms with E-state index in [2.05, 4.69) is 15.7 Å². The van der Waals surface area contributed by atoms with Crippen LogP contribution in [0.4, 0.5) is 0 Å². The van der Waals surface area contributed by atoms with Crippen LogP contribution in [0.5, 0.6) is 0 Å². The molecule has 0 spiro atoms. The maximum atomic E-state index is 11.9. The van der Waals surface area contributed by atoms with Crippen LogP contribution >= 0.6 is 0 Å². The van der Waals surface area contributed by atoms with Crippen molar-refractivity contribution in [1.82, 2.24) is 20.4 Å². The number of aromatic nitrogens is 2. The van der Waals surface area contributed by atoms with Gasteiger partial charge in [0.15, 0.2) is 0 Å². The summed E-state index contributed by atoms with van der Waals surface area (Å²) in [6.07, 6.45) is 7.79. The second kappa shape index (κ2) is 7.28. The van der Waals surface area contributed by atoms with Crippen molar-refractivity contribution in [2.75, 3.05) is 13.1 Å². The van der Waals surface area contributed by atoms with Gasteiger partial charge in [-0.1, -0.05) is 0 Å². The van der Waals surface area contributed by atoms with Crippen LogP contribution in [0.3, 0.4) is 0 Å². The van der Waals surface area contributed by atoms with Crippen molar-refractivity contribution in [2.45, 2.75) is 45.2 Å². The van der Waals surface area contributed by atoms with Crippen LogP contribution in [-0.2, 0) is 11.3 Å². The number of rotatable bonds is 6. The third-order valence-electron chi connectivity index (χ3n) is 3.61. The Labute approximate surface area is 114 Å². The van der Waals surface area contributed by atoms with Crippen molar-refractivity contribution in [2.24, 2.45) is 5.92 Å². The van der Waals surface area contributed by atoms with Gasteiger partial charge in [-0.3, -0.25) is 9.48 Å². The lowest BCUT2D eigenvalue weighted by atomic mass is 9.94. The molecule has 2 unspecified atom stereocenters. The summed E-state index contributed by atoms with van der Waals surface area (Å²) in [6.45, 7) is 4.94. The molecular formula is C14H24N4O. The Morgan fingerprint density at radius 1 is 1.63 bits per heavy atom. The average Bonchev–Trinajstić information content (AvgIpc) is 2.90. The maximum Gasteiger partial charge on any atom is 0.220 e. The molecule has 5 nitrogen and oxygen atoms in total. The smallest absolute Gasteiger partial charge is 0.220 e. The van der Waals surface area contributed by atoms with Crippen molar-refractivity contribution in [1.29, 1.82) is 0 Å². The lowest BCUT2D eigenvalue weighted by Gasteiger charge is -2.22. The normalized spacial score (nSPS) is 21.0. The molecule has 2 heterocycles. The largest absolute Gasteiger partial charge is 0.352 e. The van der Waals surface area contributed by atoms with E-state index in [1.165, 1.54) is 12.8 Å². The third kappa shape index (κ3) is 5.03. The van der Waals surface area contributed by atoms with Gasteiger partial charge in [-0.05, 0) is 51.3 Å². The molecule has 1 amide bonds. The number of amides is 1. The summed E-state index contributed by atoms with van der Waals surface area (Å²) in [5, 5.41) is 10.6. The Hall–Kier alpha value is -1.36. The zero-order chi connectivity index (χ0) is 13.5. The number of nitrogens with zero attached hydrogens (tertiary/aromatic N) is 2. The molecule has 1 aromatic heterocycles. The van der Waals surface area contributed by atoms with Crippen molar-refractivity contribution >= 4 is 5.91 Å². The molecular weight excluding hydrogens is 240 g/mol. The highest BCUT2D eigenvalue weighted by Gasteiger charge is 2.15. The van der Waals surface area contributed by atoms with Gasteiger partial charge in [-0.15, -0.1) is 0 Å². The minimum Gasteiger partial charge on any atom is -0.352 e. The first kappa shape index (κ1) is 14.1. The molecule has 1 aromatic rings. The topological polar surface area (TPSA) is 59.0 Å². The summed E-state index contributed by atoms with van der Waals surface area (Å²) < 4.78 is 1.84. The summed E-state index contributed by atoms with van der Waals surface area (Å²) in [5.41, 5.74) is 0. The van der Waals surface area contributed by atoms with Gasteiger partial charge >= 0.3 is 0 Å². The second-order valence-corrected chi connectivity index (χ2v) is 5.45. The average molecular weight is 264 g/mol. The summed E-state index contributed by atoms with van der Waals surface area (Å²) in [4.78, 5) is 11.9. The maximum absolute atomic E-state index is 11.9. The molecule has 106 valence electrons. The lowest BCUT2D eigenvalue weighted by molar-refractivity contribution is -0.122. The Balaban J connectivity index is 1.63. The molecule has 0 aliphatic carbocycles. The van der Waals surface area contributed by atoms with Gasteiger partial charge in [0.05, 0.1) is 6.54 Å². The number of hydrogen-bond acceptors (Lipinski definition) is 3. The van der Waals surface area contributed by atoms with Crippen molar-refractivity contribution in [3.8, 4) is 0 Å². The van der Waals surface area contributed by atoms with E-state index in [0.29, 0.717) is 12.3 Å². The van der Waals surface area contributed by atoms with Crippen LogP contribution in [-0.4, -0.2) is 34.8 Å². The number of carbonyl (C=O) groups excluding carboxylic acids is 1. The number of carbonyl (C=O) groups is 1. The number of piperidine rings is 1. The monoisotopic (exact) mass is 264 g/mol. The van der Waals surface area contributed by atoms with Crippen LogP contribution in [0.2, 0.25) is 0 Å². The first-order chi connectivity index (χ1) is 9.24. The molecule has 1 aliphatic heterocycles. The van der Waals surface area contributed by atoms with Crippen molar-refractivity contribution < 1.29 is 4.79 Å². The van der Waals surface area contributed by atoms with Gasteiger partial charge < -0.3 is 10.6 Å². The molecule has 1 aliphatic rings. The van der Waals surface area contributed by atoms with Gasteiger partial charge in [0.25, 0.3) is 0 Å². The molecule has 2 rings (SSSR count). The molecule has 2 atom stereocenters. The fourth-order valence-corrected chi connectivity index (χ4v) is 2.59.